The maximum absolute atomic E-state index is 12.8. The maximum Gasteiger partial charge on any atom is 0.265 e. The van der Waals surface area contributed by atoms with E-state index >= 15 is 0 Å². The first-order valence-corrected chi connectivity index (χ1v) is 9.86. The van der Waals surface area contributed by atoms with E-state index in [9.17, 15) is 14.4 Å². The number of rotatable bonds is 5. The highest BCUT2D eigenvalue weighted by Gasteiger charge is 2.41. The highest BCUT2D eigenvalue weighted by atomic mass is 35.5. The maximum atomic E-state index is 12.8. The average molecular weight is 430 g/mol. The summed E-state index contributed by atoms with van der Waals surface area (Å²) in [5.74, 6) is -0.954. The van der Waals surface area contributed by atoms with E-state index in [4.69, 9.17) is 16.3 Å². The zero-order valence-electron chi connectivity index (χ0n) is 17.3. The largest absolute Gasteiger partial charge is 0.495 e. The minimum atomic E-state index is -0.890. The Hall–Kier alpha value is -2.90. The smallest absolute Gasteiger partial charge is 0.265 e. The summed E-state index contributed by atoms with van der Waals surface area (Å²) < 4.78 is 5.24. The van der Waals surface area contributed by atoms with Crippen molar-refractivity contribution in [2.45, 2.75) is 38.6 Å². The van der Waals surface area contributed by atoms with Gasteiger partial charge >= 0.3 is 0 Å². The molecule has 2 aromatic carbocycles. The number of imide groups is 1. The fraction of sp³-hybridized carbons (Fsp3) is 0.318. The molecule has 0 unspecified atom stereocenters. The van der Waals surface area contributed by atoms with Crippen LogP contribution in [0, 0.1) is 0 Å². The molecule has 1 fully saturated rings. The minimum absolute atomic E-state index is 0.0191. The number of nitrogens with one attached hydrogen (secondary N) is 2. The summed E-state index contributed by atoms with van der Waals surface area (Å²) >= 11 is 6.02. The lowest BCUT2D eigenvalue weighted by atomic mass is 9.87. The molecule has 3 rings (SSSR count). The van der Waals surface area contributed by atoms with Gasteiger partial charge in [-0.3, -0.25) is 19.8 Å². The van der Waals surface area contributed by atoms with Crippen molar-refractivity contribution in [3.05, 3.63) is 58.6 Å². The first-order chi connectivity index (χ1) is 14.1. The number of hydrazine groups is 1. The van der Waals surface area contributed by atoms with Gasteiger partial charge in [-0.15, -0.1) is 0 Å². The van der Waals surface area contributed by atoms with Crippen LogP contribution < -0.4 is 20.5 Å². The lowest BCUT2D eigenvalue weighted by molar-refractivity contribution is -0.121. The van der Waals surface area contributed by atoms with Crippen LogP contribution in [0.15, 0.2) is 42.5 Å². The highest BCUT2D eigenvalue weighted by Crippen LogP contribution is 2.34. The third-order valence-corrected chi connectivity index (χ3v) is 5.14. The number of halogens is 1. The summed E-state index contributed by atoms with van der Waals surface area (Å²) in [6.45, 7) is 6.27. The highest BCUT2D eigenvalue weighted by molar-refractivity contribution is 6.31. The second-order valence-corrected chi connectivity index (χ2v) is 8.50. The molecular formula is C22H24ClN3O4. The second-order valence-electron chi connectivity index (χ2n) is 8.07. The van der Waals surface area contributed by atoms with Crippen molar-refractivity contribution in [1.82, 2.24) is 10.9 Å². The molecule has 0 saturated carbocycles. The molecule has 2 N–H and O–H groups in total. The van der Waals surface area contributed by atoms with Crippen LogP contribution in [0.5, 0.6) is 5.75 Å². The molecule has 1 heterocycles. The number of methoxy groups -OCH3 is 1. The van der Waals surface area contributed by atoms with E-state index in [-0.39, 0.29) is 17.5 Å². The molecule has 0 spiro atoms. The molecule has 30 heavy (non-hydrogen) atoms. The number of hydrogen-bond donors (Lipinski definition) is 2. The predicted molar refractivity (Wildman–Crippen MR) is 115 cm³/mol. The molecule has 3 amide bonds. The zero-order valence-corrected chi connectivity index (χ0v) is 18.0. The first-order valence-electron chi connectivity index (χ1n) is 9.48. The van der Waals surface area contributed by atoms with Crippen molar-refractivity contribution in [2.75, 3.05) is 12.0 Å². The normalized spacial score (nSPS) is 16.7. The monoisotopic (exact) mass is 429 g/mol. The summed E-state index contributed by atoms with van der Waals surface area (Å²) in [7, 11) is 1.44. The SMILES string of the molecule is COc1ccc(Cl)cc1N1C(=O)C[C@H](NNC(=O)c2ccc(C(C)(C)C)cc2)C1=O. The molecule has 1 saturated heterocycles. The van der Waals surface area contributed by atoms with Crippen molar-refractivity contribution in [2.24, 2.45) is 0 Å². The van der Waals surface area contributed by atoms with Gasteiger partial charge in [-0.1, -0.05) is 44.5 Å². The van der Waals surface area contributed by atoms with Crippen LogP contribution in [-0.4, -0.2) is 30.9 Å². The van der Waals surface area contributed by atoms with Gasteiger partial charge in [-0.25, -0.2) is 10.3 Å². The summed E-state index contributed by atoms with van der Waals surface area (Å²) in [6.07, 6.45) is -0.0995. The molecule has 8 heteroatoms. The van der Waals surface area contributed by atoms with Gasteiger partial charge in [-0.05, 0) is 41.3 Å². The molecule has 158 valence electrons. The molecule has 1 atom stereocenters. The number of amides is 3. The average Bonchev–Trinajstić information content (AvgIpc) is 2.98. The molecule has 0 aliphatic carbocycles. The second kappa shape index (κ2) is 8.45. The Bertz CT molecular complexity index is 983. The van der Waals surface area contributed by atoms with Crippen LogP contribution in [0.25, 0.3) is 0 Å². The molecule has 7 nitrogen and oxygen atoms in total. The standard InChI is InChI=1S/C22H24ClN3O4/c1-22(2,3)14-7-5-13(6-8-14)20(28)25-24-16-12-19(27)26(21(16)29)17-11-15(23)9-10-18(17)30-4/h5-11,16,24H,12H2,1-4H3,(H,25,28)/t16-/m0/s1. The minimum Gasteiger partial charge on any atom is -0.495 e. The van der Waals surface area contributed by atoms with Gasteiger partial charge < -0.3 is 4.74 Å². The molecular weight excluding hydrogens is 406 g/mol. The summed E-state index contributed by atoms with van der Waals surface area (Å²) in [6, 6.07) is 11.0. The van der Waals surface area contributed by atoms with Crippen molar-refractivity contribution in [1.29, 1.82) is 0 Å². The van der Waals surface area contributed by atoms with Crippen LogP contribution in [0.3, 0.4) is 0 Å². The zero-order chi connectivity index (χ0) is 22.1. The fourth-order valence-electron chi connectivity index (χ4n) is 3.18. The number of benzene rings is 2. The van der Waals surface area contributed by atoms with Gasteiger partial charge in [-0.2, -0.15) is 0 Å². The van der Waals surface area contributed by atoms with Gasteiger partial charge in [0.1, 0.15) is 11.8 Å². The van der Waals surface area contributed by atoms with E-state index in [1.54, 1.807) is 24.3 Å². The molecule has 0 aromatic heterocycles. The Kier molecular flexibility index (Phi) is 6.14. The van der Waals surface area contributed by atoms with E-state index in [0.29, 0.717) is 16.3 Å². The van der Waals surface area contributed by atoms with Crippen molar-refractivity contribution < 1.29 is 19.1 Å². The van der Waals surface area contributed by atoms with Crippen molar-refractivity contribution in [3.63, 3.8) is 0 Å². The van der Waals surface area contributed by atoms with Gasteiger partial charge in [0.15, 0.2) is 0 Å². The lowest BCUT2D eigenvalue weighted by Gasteiger charge is -2.19. The van der Waals surface area contributed by atoms with Gasteiger partial charge in [0.25, 0.3) is 11.8 Å². The first kappa shape index (κ1) is 21.8. The van der Waals surface area contributed by atoms with Gasteiger partial charge in [0.05, 0.1) is 19.2 Å². The van der Waals surface area contributed by atoms with Crippen LogP contribution in [-0.2, 0) is 15.0 Å². The van der Waals surface area contributed by atoms with Crippen LogP contribution in [0.4, 0.5) is 5.69 Å². The van der Waals surface area contributed by atoms with E-state index in [1.165, 1.54) is 13.2 Å². The number of anilines is 1. The van der Waals surface area contributed by atoms with E-state index in [1.807, 2.05) is 12.1 Å². The number of nitrogens with zero attached hydrogens (tertiary/aromatic N) is 1. The van der Waals surface area contributed by atoms with E-state index in [2.05, 4.69) is 31.6 Å². The predicted octanol–water partition coefficient (Wildman–Crippen LogP) is 3.21. The molecule has 0 bridgehead atoms. The Morgan fingerprint density at radius 2 is 1.80 bits per heavy atom. The number of ether oxygens (including phenoxy) is 1. The molecule has 1 aliphatic heterocycles. The van der Waals surface area contributed by atoms with E-state index < -0.39 is 23.8 Å². The number of carbonyl (C=O) groups is 3. The molecule has 0 radical (unpaired) electrons. The third kappa shape index (κ3) is 4.47. The fourth-order valence-corrected chi connectivity index (χ4v) is 3.35. The van der Waals surface area contributed by atoms with Crippen LogP contribution >= 0.6 is 11.6 Å². The number of carbonyl (C=O) groups excluding carboxylic acids is 3. The summed E-state index contributed by atoms with van der Waals surface area (Å²) in [5, 5.41) is 0.370. The lowest BCUT2D eigenvalue weighted by Crippen LogP contribution is -2.48. The Labute approximate surface area is 180 Å². The molecule has 1 aliphatic rings. The Morgan fingerprint density at radius 1 is 1.13 bits per heavy atom. The summed E-state index contributed by atoms with van der Waals surface area (Å²) in [5.41, 5.74) is 6.99. The summed E-state index contributed by atoms with van der Waals surface area (Å²) in [4.78, 5) is 38.7. The van der Waals surface area contributed by atoms with Crippen molar-refractivity contribution in [3.8, 4) is 5.75 Å². The van der Waals surface area contributed by atoms with Gasteiger partial charge in [0, 0.05) is 10.6 Å². The van der Waals surface area contributed by atoms with Crippen molar-refractivity contribution >= 4 is 35.0 Å². The molecule has 2 aromatic rings. The van der Waals surface area contributed by atoms with Crippen LogP contribution in [0.1, 0.15) is 43.1 Å². The topological polar surface area (TPSA) is 87.7 Å². The Morgan fingerprint density at radius 3 is 2.40 bits per heavy atom. The third-order valence-electron chi connectivity index (χ3n) is 4.90. The van der Waals surface area contributed by atoms with Gasteiger partial charge in [0.2, 0.25) is 5.91 Å². The number of hydrogen-bond acceptors (Lipinski definition) is 5. The Balaban J connectivity index is 1.69. The quantitative estimate of drug-likeness (QED) is 0.563. The van der Waals surface area contributed by atoms with Crippen LogP contribution in [0.2, 0.25) is 5.02 Å². The van der Waals surface area contributed by atoms with E-state index in [0.717, 1.165) is 10.5 Å².